The molecule has 1 aliphatic heterocycles. The molecule has 1 saturated heterocycles. The van der Waals surface area contributed by atoms with Crippen molar-refractivity contribution in [3.8, 4) is 0 Å². The highest BCUT2D eigenvalue weighted by Crippen LogP contribution is 2.37. The normalized spacial score (nSPS) is 23.7. The number of carbonyl (C=O) groups excluding carboxylic acids is 1. The van der Waals surface area contributed by atoms with Gasteiger partial charge in [-0.3, -0.25) is 14.6 Å². The molecular weight excluding hydrogens is 244 g/mol. The maximum atomic E-state index is 12.1. The molecule has 2 heterocycles. The third-order valence-electron chi connectivity index (χ3n) is 3.56. The number of aromatic nitrogens is 1. The Hall–Kier alpha value is -1.91. The van der Waals surface area contributed by atoms with E-state index in [1.54, 1.807) is 29.4 Å². The molecule has 1 fully saturated rings. The average molecular weight is 262 g/mol. The number of amides is 1. The maximum Gasteiger partial charge on any atom is 0.308 e. The molecule has 0 spiro atoms. The summed E-state index contributed by atoms with van der Waals surface area (Å²) in [6.45, 7) is 3.83. The zero-order valence-electron chi connectivity index (χ0n) is 11.1. The van der Waals surface area contributed by atoms with E-state index < -0.39 is 17.9 Å². The number of pyridine rings is 1. The topological polar surface area (TPSA) is 70.5 Å². The fraction of sp³-hybridized carbons (Fsp3) is 0.500. The number of piperidine rings is 1. The molecule has 5 heteroatoms. The molecule has 5 nitrogen and oxygen atoms in total. The number of hydrogen-bond donors (Lipinski definition) is 1. The predicted octanol–water partition coefficient (Wildman–Crippen LogP) is 1.85. The van der Waals surface area contributed by atoms with Gasteiger partial charge in [0.2, 0.25) is 5.91 Å². The van der Waals surface area contributed by atoms with Crippen LogP contribution in [0.4, 0.5) is 0 Å². The standard InChI is InChI=1S/C14H18N2O3/c1-9(2)16-12(17)4-3-11(14(18)19)13(16)10-5-7-15-8-6-10/h5-9,11,13H,3-4H2,1-2H3,(H,18,19). The molecule has 1 aromatic heterocycles. The second-order valence-electron chi connectivity index (χ2n) is 5.10. The van der Waals surface area contributed by atoms with Crippen molar-refractivity contribution in [1.29, 1.82) is 0 Å². The quantitative estimate of drug-likeness (QED) is 0.902. The lowest BCUT2D eigenvalue weighted by Crippen LogP contribution is -2.48. The fourth-order valence-electron chi connectivity index (χ4n) is 2.74. The number of nitrogens with zero attached hydrogens (tertiary/aromatic N) is 2. The van der Waals surface area contributed by atoms with Gasteiger partial charge in [-0.15, -0.1) is 0 Å². The highest BCUT2D eigenvalue weighted by atomic mass is 16.4. The van der Waals surface area contributed by atoms with Crippen LogP contribution < -0.4 is 0 Å². The van der Waals surface area contributed by atoms with Crippen LogP contribution in [0, 0.1) is 5.92 Å². The molecule has 2 atom stereocenters. The maximum absolute atomic E-state index is 12.1. The molecule has 1 aromatic rings. The van der Waals surface area contributed by atoms with Gasteiger partial charge in [0.05, 0.1) is 12.0 Å². The van der Waals surface area contributed by atoms with Crippen LogP contribution in [-0.2, 0) is 9.59 Å². The first-order valence-corrected chi connectivity index (χ1v) is 6.46. The first kappa shape index (κ1) is 13.5. The van der Waals surface area contributed by atoms with Gasteiger partial charge in [-0.05, 0) is 38.0 Å². The van der Waals surface area contributed by atoms with Gasteiger partial charge in [-0.2, -0.15) is 0 Å². The van der Waals surface area contributed by atoms with Crippen molar-refractivity contribution in [3.63, 3.8) is 0 Å². The number of aliphatic carboxylic acids is 1. The molecule has 1 amide bonds. The smallest absolute Gasteiger partial charge is 0.308 e. The predicted molar refractivity (Wildman–Crippen MR) is 69.3 cm³/mol. The van der Waals surface area contributed by atoms with Gasteiger partial charge in [-0.1, -0.05) is 0 Å². The van der Waals surface area contributed by atoms with Gasteiger partial charge in [-0.25, -0.2) is 0 Å². The summed E-state index contributed by atoms with van der Waals surface area (Å²) >= 11 is 0. The first-order chi connectivity index (χ1) is 9.02. The van der Waals surface area contributed by atoms with Gasteiger partial charge < -0.3 is 10.0 Å². The van der Waals surface area contributed by atoms with E-state index in [0.29, 0.717) is 12.8 Å². The number of carboxylic acid groups (broad SMARTS) is 1. The van der Waals surface area contributed by atoms with Gasteiger partial charge in [0.25, 0.3) is 0 Å². The molecular formula is C14H18N2O3. The molecule has 0 aromatic carbocycles. The Bertz CT molecular complexity index is 473. The van der Waals surface area contributed by atoms with Crippen LogP contribution in [0.1, 0.15) is 38.3 Å². The summed E-state index contributed by atoms with van der Waals surface area (Å²) in [5.41, 5.74) is 0.837. The summed E-state index contributed by atoms with van der Waals surface area (Å²) in [6.07, 6.45) is 3.96. The van der Waals surface area contributed by atoms with E-state index >= 15 is 0 Å². The molecule has 2 unspecified atom stereocenters. The molecule has 102 valence electrons. The molecule has 0 radical (unpaired) electrons. The third-order valence-corrected chi connectivity index (χ3v) is 3.56. The molecule has 0 aliphatic carbocycles. The number of carboxylic acids is 1. The van der Waals surface area contributed by atoms with Crippen LogP contribution >= 0.6 is 0 Å². The van der Waals surface area contributed by atoms with Gasteiger partial charge in [0, 0.05) is 24.9 Å². The van der Waals surface area contributed by atoms with Gasteiger partial charge >= 0.3 is 5.97 Å². The SMILES string of the molecule is CC(C)N1C(=O)CCC(C(=O)O)C1c1ccncc1. The van der Waals surface area contributed by atoms with Crippen molar-refractivity contribution in [1.82, 2.24) is 9.88 Å². The molecule has 19 heavy (non-hydrogen) atoms. The molecule has 1 aliphatic rings. The Balaban J connectivity index is 2.44. The Labute approximate surface area is 112 Å². The Morgan fingerprint density at radius 3 is 2.58 bits per heavy atom. The summed E-state index contributed by atoms with van der Waals surface area (Å²) in [6, 6.07) is 3.15. The zero-order valence-corrected chi connectivity index (χ0v) is 11.1. The third kappa shape index (κ3) is 2.59. The van der Waals surface area contributed by atoms with E-state index in [2.05, 4.69) is 4.98 Å². The zero-order chi connectivity index (χ0) is 14.0. The van der Waals surface area contributed by atoms with Crippen molar-refractivity contribution < 1.29 is 14.7 Å². The Kier molecular flexibility index (Phi) is 3.83. The highest BCUT2D eigenvalue weighted by Gasteiger charge is 2.41. The summed E-state index contributed by atoms with van der Waals surface area (Å²) in [7, 11) is 0. The van der Waals surface area contributed by atoms with Crippen molar-refractivity contribution >= 4 is 11.9 Å². The summed E-state index contributed by atoms with van der Waals surface area (Å²) in [4.78, 5) is 29.2. The van der Waals surface area contributed by atoms with E-state index in [0.717, 1.165) is 5.56 Å². The van der Waals surface area contributed by atoms with Crippen molar-refractivity contribution in [2.45, 2.75) is 38.8 Å². The lowest BCUT2D eigenvalue weighted by atomic mass is 9.84. The van der Waals surface area contributed by atoms with Crippen LogP contribution in [0.2, 0.25) is 0 Å². The summed E-state index contributed by atoms with van der Waals surface area (Å²) in [5.74, 6) is -1.38. The minimum Gasteiger partial charge on any atom is -0.481 e. The van der Waals surface area contributed by atoms with Gasteiger partial charge in [0.15, 0.2) is 0 Å². The van der Waals surface area contributed by atoms with E-state index in [1.807, 2.05) is 13.8 Å². The van der Waals surface area contributed by atoms with Gasteiger partial charge in [0.1, 0.15) is 0 Å². The van der Waals surface area contributed by atoms with Crippen LogP contribution in [-0.4, -0.2) is 32.9 Å². The van der Waals surface area contributed by atoms with E-state index in [1.165, 1.54) is 0 Å². The Morgan fingerprint density at radius 2 is 2.05 bits per heavy atom. The van der Waals surface area contributed by atoms with Crippen LogP contribution in [0.5, 0.6) is 0 Å². The lowest BCUT2D eigenvalue weighted by Gasteiger charge is -2.42. The highest BCUT2D eigenvalue weighted by molar-refractivity contribution is 5.82. The molecule has 2 rings (SSSR count). The second kappa shape index (κ2) is 5.38. The lowest BCUT2D eigenvalue weighted by molar-refractivity contribution is -0.153. The minimum absolute atomic E-state index is 0.0205. The van der Waals surface area contributed by atoms with E-state index in [9.17, 15) is 14.7 Å². The van der Waals surface area contributed by atoms with Crippen molar-refractivity contribution in [2.75, 3.05) is 0 Å². The van der Waals surface area contributed by atoms with E-state index in [-0.39, 0.29) is 11.9 Å². The number of carbonyl (C=O) groups is 2. The Morgan fingerprint density at radius 1 is 1.42 bits per heavy atom. The summed E-state index contributed by atoms with van der Waals surface area (Å²) < 4.78 is 0. The molecule has 1 N–H and O–H groups in total. The average Bonchev–Trinajstić information content (AvgIpc) is 2.38. The summed E-state index contributed by atoms with van der Waals surface area (Å²) in [5, 5.41) is 9.40. The largest absolute Gasteiger partial charge is 0.481 e. The van der Waals surface area contributed by atoms with Crippen LogP contribution in [0.15, 0.2) is 24.5 Å². The molecule has 0 bridgehead atoms. The number of likely N-dealkylation sites (tertiary alicyclic amines) is 1. The minimum atomic E-state index is -0.847. The second-order valence-corrected chi connectivity index (χ2v) is 5.10. The van der Waals surface area contributed by atoms with Crippen molar-refractivity contribution in [3.05, 3.63) is 30.1 Å². The van der Waals surface area contributed by atoms with Crippen molar-refractivity contribution in [2.24, 2.45) is 5.92 Å². The number of hydrogen-bond acceptors (Lipinski definition) is 3. The first-order valence-electron chi connectivity index (χ1n) is 6.46. The monoisotopic (exact) mass is 262 g/mol. The fourth-order valence-corrected chi connectivity index (χ4v) is 2.74. The van der Waals surface area contributed by atoms with Crippen LogP contribution in [0.3, 0.4) is 0 Å². The molecule has 0 saturated carbocycles. The van der Waals surface area contributed by atoms with Crippen LogP contribution in [0.25, 0.3) is 0 Å². The van der Waals surface area contributed by atoms with E-state index in [4.69, 9.17) is 0 Å². The number of rotatable bonds is 3.